The summed E-state index contributed by atoms with van der Waals surface area (Å²) in [6.45, 7) is 2.40. The maximum absolute atomic E-state index is 12.0. The van der Waals surface area contributed by atoms with Crippen molar-refractivity contribution in [2.45, 2.75) is 26.5 Å². The van der Waals surface area contributed by atoms with Crippen LogP contribution in [0.3, 0.4) is 0 Å². The molecule has 2 aromatic carbocycles. The van der Waals surface area contributed by atoms with Crippen LogP contribution in [-0.4, -0.2) is 16.0 Å². The fourth-order valence-corrected chi connectivity index (χ4v) is 2.30. The Balaban J connectivity index is 1.47. The molecule has 0 aliphatic rings. The molecule has 1 amide bonds. The summed E-state index contributed by atoms with van der Waals surface area (Å²) in [5.74, 6) is 1.44. The van der Waals surface area contributed by atoms with E-state index in [1.807, 2.05) is 61.5 Å². The molecule has 0 aliphatic carbocycles. The first-order valence-electron chi connectivity index (χ1n) is 8.01. The van der Waals surface area contributed by atoms with Gasteiger partial charge in [-0.2, -0.15) is 4.98 Å². The number of hydrogen-bond acceptors (Lipinski definition) is 5. The third kappa shape index (κ3) is 4.91. The van der Waals surface area contributed by atoms with Gasteiger partial charge in [-0.3, -0.25) is 4.79 Å². The van der Waals surface area contributed by atoms with Crippen molar-refractivity contribution in [2.24, 2.45) is 0 Å². The maximum atomic E-state index is 12.0. The fraction of sp³-hybridized carbons (Fsp3) is 0.211. The molecule has 1 heterocycles. The summed E-state index contributed by atoms with van der Waals surface area (Å²) in [5, 5.41) is 6.64. The SMILES string of the molecule is Cc1ccccc1CC(=O)NCc1noc(COc2ccccc2)n1. The summed E-state index contributed by atoms with van der Waals surface area (Å²) in [4.78, 5) is 16.2. The molecule has 0 bridgehead atoms. The summed E-state index contributed by atoms with van der Waals surface area (Å²) < 4.78 is 10.7. The van der Waals surface area contributed by atoms with E-state index in [4.69, 9.17) is 9.26 Å². The van der Waals surface area contributed by atoms with Crippen LogP contribution in [0.1, 0.15) is 22.8 Å². The number of ether oxygens (including phenoxy) is 1. The first kappa shape index (κ1) is 16.7. The van der Waals surface area contributed by atoms with Gasteiger partial charge >= 0.3 is 0 Å². The average Bonchev–Trinajstić information content (AvgIpc) is 3.09. The lowest BCUT2D eigenvalue weighted by Gasteiger charge is -2.05. The number of aryl methyl sites for hydroxylation is 1. The number of carbonyl (C=O) groups excluding carboxylic acids is 1. The lowest BCUT2D eigenvalue weighted by molar-refractivity contribution is -0.120. The van der Waals surface area contributed by atoms with Crippen LogP contribution in [0.4, 0.5) is 0 Å². The monoisotopic (exact) mass is 337 g/mol. The van der Waals surface area contributed by atoms with Crippen molar-refractivity contribution in [1.29, 1.82) is 0 Å². The van der Waals surface area contributed by atoms with Crippen molar-refractivity contribution in [1.82, 2.24) is 15.5 Å². The summed E-state index contributed by atoms with van der Waals surface area (Å²) >= 11 is 0. The molecule has 0 saturated heterocycles. The van der Waals surface area contributed by atoms with Crippen molar-refractivity contribution in [3.05, 3.63) is 77.4 Å². The second-order valence-corrected chi connectivity index (χ2v) is 5.59. The molecule has 0 radical (unpaired) electrons. The van der Waals surface area contributed by atoms with E-state index in [0.717, 1.165) is 16.9 Å². The summed E-state index contributed by atoms with van der Waals surface area (Å²) in [6.07, 6.45) is 0.328. The van der Waals surface area contributed by atoms with Gasteiger partial charge in [0.05, 0.1) is 13.0 Å². The lowest BCUT2D eigenvalue weighted by Crippen LogP contribution is -2.25. The molecule has 0 unspecified atom stereocenters. The minimum Gasteiger partial charge on any atom is -0.484 e. The van der Waals surface area contributed by atoms with Gasteiger partial charge < -0.3 is 14.6 Å². The molecule has 3 aromatic rings. The molecular weight excluding hydrogens is 318 g/mol. The number of benzene rings is 2. The van der Waals surface area contributed by atoms with E-state index in [0.29, 0.717) is 18.1 Å². The Bertz CT molecular complexity index is 831. The zero-order valence-electron chi connectivity index (χ0n) is 13.9. The first-order chi connectivity index (χ1) is 12.2. The molecule has 0 aliphatic heterocycles. The van der Waals surface area contributed by atoms with Gasteiger partial charge in [0.15, 0.2) is 12.4 Å². The summed E-state index contributed by atoms with van der Waals surface area (Å²) in [5.41, 5.74) is 2.10. The van der Waals surface area contributed by atoms with Crippen LogP contribution < -0.4 is 10.1 Å². The Labute approximate surface area is 145 Å². The Morgan fingerprint density at radius 2 is 1.88 bits per heavy atom. The molecule has 1 aromatic heterocycles. The van der Waals surface area contributed by atoms with Crippen molar-refractivity contribution >= 4 is 5.91 Å². The molecule has 0 atom stereocenters. The number of para-hydroxylation sites is 1. The Morgan fingerprint density at radius 1 is 1.12 bits per heavy atom. The minimum absolute atomic E-state index is 0.0822. The van der Waals surface area contributed by atoms with Crippen LogP contribution >= 0.6 is 0 Å². The van der Waals surface area contributed by atoms with E-state index in [1.165, 1.54) is 0 Å². The molecule has 6 heteroatoms. The van der Waals surface area contributed by atoms with E-state index in [-0.39, 0.29) is 19.1 Å². The van der Waals surface area contributed by atoms with Gasteiger partial charge in [-0.15, -0.1) is 0 Å². The standard InChI is InChI=1S/C19H19N3O3/c1-14-7-5-6-8-15(14)11-18(23)20-12-17-21-19(25-22-17)13-24-16-9-3-2-4-10-16/h2-10H,11-13H2,1H3,(H,20,23). The highest BCUT2D eigenvalue weighted by Gasteiger charge is 2.10. The van der Waals surface area contributed by atoms with Crippen molar-refractivity contribution < 1.29 is 14.1 Å². The highest BCUT2D eigenvalue weighted by Crippen LogP contribution is 2.11. The molecule has 0 spiro atoms. The van der Waals surface area contributed by atoms with Crippen LogP contribution in [0.2, 0.25) is 0 Å². The molecule has 6 nitrogen and oxygen atoms in total. The summed E-state index contributed by atoms with van der Waals surface area (Å²) in [6, 6.07) is 17.2. The van der Waals surface area contributed by atoms with Crippen LogP contribution in [0.15, 0.2) is 59.1 Å². The number of nitrogens with one attached hydrogen (secondary N) is 1. The zero-order chi connectivity index (χ0) is 17.5. The number of nitrogens with zero attached hydrogens (tertiary/aromatic N) is 2. The highest BCUT2D eigenvalue weighted by molar-refractivity contribution is 5.78. The molecule has 0 fully saturated rings. The number of hydrogen-bond donors (Lipinski definition) is 1. The normalized spacial score (nSPS) is 10.4. The molecular formula is C19H19N3O3. The molecule has 25 heavy (non-hydrogen) atoms. The minimum atomic E-state index is -0.0822. The smallest absolute Gasteiger partial charge is 0.264 e. The van der Waals surface area contributed by atoms with Crippen LogP contribution in [0, 0.1) is 6.92 Å². The summed E-state index contributed by atoms with van der Waals surface area (Å²) in [7, 11) is 0. The Kier molecular flexibility index (Phi) is 5.41. The van der Waals surface area contributed by atoms with Gasteiger partial charge in [0, 0.05) is 0 Å². The number of aromatic nitrogens is 2. The van der Waals surface area contributed by atoms with Gasteiger partial charge in [-0.25, -0.2) is 0 Å². The predicted octanol–water partition coefficient (Wildman–Crippen LogP) is 2.82. The third-order valence-electron chi connectivity index (χ3n) is 3.67. The topological polar surface area (TPSA) is 77.2 Å². The molecule has 1 N–H and O–H groups in total. The van der Waals surface area contributed by atoms with Gasteiger partial charge in [0.1, 0.15) is 5.75 Å². The molecule has 128 valence electrons. The van der Waals surface area contributed by atoms with Crippen LogP contribution in [0.25, 0.3) is 0 Å². The Morgan fingerprint density at radius 3 is 2.68 bits per heavy atom. The largest absolute Gasteiger partial charge is 0.484 e. The second kappa shape index (κ2) is 8.10. The Hall–Kier alpha value is -3.15. The average molecular weight is 337 g/mol. The zero-order valence-corrected chi connectivity index (χ0v) is 13.9. The van der Waals surface area contributed by atoms with Gasteiger partial charge in [-0.05, 0) is 30.2 Å². The fourth-order valence-electron chi connectivity index (χ4n) is 2.30. The van der Waals surface area contributed by atoms with E-state index >= 15 is 0 Å². The van der Waals surface area contributed by atoms with E-state index < -0.39 is 0 Å². The van der Waals surface area contributed by atoms with Crippen molar-refractivity contribution in [3.8, 4) is 5.75 Å². The maximum Gasteiger partial charge on any atom is 0.264 e. The van der Waals surface area contributed by atoms with Gasteiger partial charge in [0.25, 0.3) is 5.89 Å². The predicted molar refractivity (Wildman–Crippen MR) is 91.8 cm³/mol. The van der Waals surface area contributed by atoms with Crippen LogP contribution in [-0.2, 0) is 24.4 Å². The molecule has 3 rings (SSSR count). The van der Waals surface area contributed by atoms with E-state index in [9.17, 15) is 4.79 Å². The third-order valence-corrected chi connectivity index (χ3v) is 3.67. The van der Waals surface area contributed by atoms with Crippen LogP contribution in [0.5, 0.6) is 5.75 Å². The van der Waals surface area contributed by atoms with Gasteiger partial charge in [-0.1, -0.05) is 47.6 Å². The first-order valence-corrected chi connectivity index (χ1v) is 8.01. The van der Waals surface area contributed by atoms with Crippen molar-refractivity contribution in [3.63, 3.8) is 0 Å². The lowest BCUT2D eigenvalue weighted by atomic mass is 10.1. The van der Waals surface area contributed by atoms with E-state index in [2.05, 4.69) is 15.5 Å². The van der Waals surface area contributed by atoms with Crippen molar-refractivity contribution in [2.75, 3.05) is 0 Å². The number of carbonyl (C=O) groups is 1. The number of rotatable bonds is 7. The van der Waals surface area contributed by atoms with Gasteiger partial charge in [0.2, 0.25) is 5.91 Å². The highest BCUT2D eigenvalue weighted by atomic mass is 16.5. The number of amides is 1. The van der Waals surface area contributed by atoms with E-state index in [1.54, 1.807) is 0 Å². The molecule has 0 saturated carbocycles. The second-order valence-electron chi connectivity index (χ2n) is 5.59. The quantitative estimate of drug-likeness (QED) is 0.717.